The first-order chi connectivity index (χ1) is 35.7. The highest BCUT2D eigenvalue weighted by molar-refractivity contribution is 6.17. The van der Waals surface area contributed by atoms with Crippen LogP contribution < -0.4 is 4.90 Å². The lowest BCUT2D eigenvalue weighted by Gasteiger charge is -2.28. The van der Waals surface area contributed by atoms with E-state index in [0.29, 0.717) is 0 Å². The Kier molecular flexibility index (Phi) is 9.89. The van der Waals surface area contributed by atoms with Crippen molar-refractivity contribution in [2.45, 2.75) is 0 Å². The fourth-order valence-electron chi connectivity index (χ4n) is 11.5. The molecule has 0 saturated heterocycles. The Hall–Kier alpha value is -9.50. The van der Waals surface area contributed by atoms with E-state index < -0.39 is 0 Å². The lowest BCUT2D eigenvalue weighted by atomic mass is 9.92. The molecule has 72 heavy (non-hydrogen) atoms. The second kappa shape index (κ2) is 17.2. The smallest absolute Gasteiger partial charge is 0.0547 e. The standard InChI is InChI=1S/C70H46N2/c1-2-22-53(23-3-1)72-68-34-15-13-31-64(68)70-59(32-17-35-69(70)72)50-21-16-20-49(44-50)58-26-12-14-33-67(58)71(54-40-36-47(37-41-54)65-45-51-18-4-6-24-56(51)60-27-8-10-29-62(60)65)55-42-38-48(39-43-55)66-46-52-19-5-7-25-57(52)61-28-9-11-30-63(61)66/h1-46H. The van der Waals surface area contributed by atoms with Crippen molar-refractivity contribution >= 4 is 82.0 Å². The van der Waals surface area contributed by atoms with Crippen molar-refractivity contribution in [1.82, 2.24) is 4.57 Å². The highest BCUT2D eigenvalue weighted by Crippen LogP contribution is 2.45. The van der Waals surface area contributed by atoms with Gasteiger partial charge in [-0.2, -0.15) is 0 Å². The van der Waals surface area contributed by atoms with E-state index in [9.17, 15) is 0 Å². The molecule has 0 unspecified atom stereocenters. The summed E-state index contributed by atoms with van der Waals surface area (Å²) in [5.41, 5.74) is 16.3. The number of hydrogen-bond donors (Lipinski definition) is 0. The van der Waals surface area contributed by atoms with Gasteiger partial charge in [-0.15, -0.1) is 0 Å². The molecule has 0 aliphatic rings. The molecule has 2 nitrogen and oxygen atoms in total. The van der Waals surface area contributed by atoms with Crippen LogP contribution in [0.25, 0.3) is 115 Å². The predicted octanol–water partition coefficient (Wildman–Crippen LogP) is 19.5. The third kappa shape index (κ3) is 6.88. The summed E-state index contributed by atoms with van der Waals surface area (Å²) in [5, 5.41) is 12.6. The first kappa shape index (κ1) is 41.5. The lowest BCUT2D eigenvalue weighted by molar-refractivity contribution is 1.18. The van der Waals surface area contributed by atoms with Crippen LogP contribution in [0, 0.1) is 0 Å². The van der Waals surface area contributed by atoms with E-state index in [1.54, 1.807) is 0 Å². The Morgan fingerprint density at radius 2 is 0.694 bits per heavy atom. The fourth-order valence-corrected chi connectivity index (χ4v) is 11.5. The number of anilines is 3. The van der Waals surface area contributed by atoms with Gasteiger partial charge >= 0.3 is 0 Å². The summed E-state index contributed by atoms with van der Waals surface area (Å²) in [6, 6.07) is 102. The van der Waals surface area contributed by atoms with E-state index in [0.717, 1.165) is 33.9 Å². The van der Waals surface area contributed by atoms with Gasteiger partial charge in [0.1, 0.15) is 0 Å². The average molecular weight is 915 g/mol. The lowest BCUT2D eigenvalue weighted by Crippen LogP contribution is -2.11. The molecule has 0 amide bonds. The Balaban J connectivity index is 0.923. The van der Waals surface area contributed by atoms with Crippen molar-refractivity contribution in [3.8, 4) is 50.2 Å². The SMILES string of the molecule is c1ccc(-n2c3ccccc3c3c(-c4cccc(-c5ccccc5N(c5ccc(-c6cc7ccccc7c7ccccc67)cc5)c5ccc(-c6cc7ccccc7c7ccccc67)cc5)c4)cccc32)cc1. The van der Waals surface area contributed by atoms with Crippen LogP contribution in [0.3, 0.4) is 0 Å². The molecule has 0 N–H and O–H groups in total. The van der Waals surface area contributed by atoms with Gasteiger partial charge < -0.3 is 9.47 Å². The Labute approximate surface area is 418 Å². The summed E-state index contributed by atoms with van der Waals surface area (Å²) in [6.07, 6.45) is 0. The van der Waals surface area contributed by atoms with Crippen molar-refractivity contribution in [2.24, 2.45) is 0 Å². The third-order valence-corrected chi connectivity index (χ3v) is 14.8. The summed E-state index contributed by atoms with van der Waals surface area (Å²) in [5.74, 6) is 0. The second-order valence-electron chi connectivity index (χ2n) is 18.8. The first-order valence-corrected chi connectivity index (χ1v) is 24.8. The zero-order chi connectivity index (χ0) is 47.5. The zero-order valence-electron chi connectivity index (χ0n) is 39.5. The van der Waals surface area contributed by atoms with Gasteiger partial charge in [0.25, 0.3) is 0 Å². The van der Waals surface area contributed by atoms with Crippen LogP contribution in [0.2, 0.25) is 0 Å². The molecular formula is C70H46N2. The van der Waals surface area contributed by atoms with E-state index in [2.05, 4.69) is 289 Å². The van der Waals surface area contributed by atoms with Gasteiger partial charge in [0.2, 0.25) is 0 Å². The number of aromatic nitrogens is 1. The maximum Gasteiger partial charge on any atom is 0.0547 e. The van der Waals surface area contributed by atoms with Gasteiger partial charge in [0.15, 0.2) is 0 Å². The maximum atomic E-state index is 2.43. The van der Waals surface area contributed by atoms with Gasteiger partial charge in [0.05, 0.1) is 16.7 Å². The first-order valence-electron chi connectivity index (χ1n) is 24.8. The third-order valence-electron chi connectivity index (χ3n) is 14.8. The van der Waals surface area contributed by atoms with E-state index >= 15 is 0 Å². The maximum absolute atomic E-state index is 2.43. The second-order valence-corrected chi connectivity index (χ2v) is 18.8. The number of benzene rings is 13. The van der Waals surface area contributed by atoms with E-state index in [4.69, 9.17) is 0 Å². The van der Waals surface area contributed by atoms with E-state index in [-0.39, 0.29) is 0 Å². The molecule has 0 radical (unpaired) electrons. The quantitative estimate of drug-likeness (QED) is 0.138. The topological polar surface area (TPSA) is 8.17 Å². The summed E-state index contributed by atoms with van der Waals surface area (Å²) in [6.45, 7) is 0. The molecule has 336 valence electrons. The Bertz CT molecular complexity index is 4210. The molecule has 0 atom stereocenters. The Morgan fingerprint density at radius 1 is 0.250 bits per heavy atom. The molecule has 0 aliphatic heterocycles. The van der Waals surface area contributed by atoms with Crippen LogP contribution >= 0.6 is 0 Å². The van der Waals surface area contributed by atoms with Gasteiger partial charge in [-0.1, -0.05) is 206 Å². The van der Waals surface area contributed by atoms with E-state index in [1.165, 1.54) is 98.3 Å². The van der Waals surface area contributed by atoms with Gasteiger partial charge in [0, 0.05) is 33.4 Å². The van der Waals surface area contributed by atoms with Gasteiger partial charge in [-0.3, -0.25) is 0 Å². The number of nitrogens with zero attached hydrogens (tertiary/aromatic N) is 2. The molecule has 14 rings (SSSR count). The number of para-hydroxylation sites is 3. The van der Waals surface area contributed by atoms with Crippen LogP contribution in [-0.2, 0) is 0 Å². The van der Waals surface area contributed by atoms with Crippen molar-refractivity contribution < 1.29 is 0 Å². The van der Waals surface area contributed by atoms with E-state index in [1.807, 2.05) is 0 Å². The summed E-state index contributed by atoms with van der Waals surface area (Å²) >= 11 is 0. The van der Waals surface area contributed by atoms with Crippen LogP contribution in [-0.4, -0.2) is 4.57 Å². The molecule has 1 aromatic heterocycles. The van der Waals surface area contributed by atoms with Crippen LogP contribution in [0.5, 0.6) is 0 Å². The molecule has 0 bridgehead atoms. The molecular weight excluding hydrogens is 869 g/mol. The van der Waals surface area contributed by atoms with Crippen molar-refractivity contribution in [3.63, 3.8) is 0 Å². The van der Waals surface area contributed by atoms with Crippen molar-refractivity contribution in [1.29, 1.82) is 0 Å². The summed E-state index contributed by atoms with van der Waals surface area (Å²) < 4.78 is 2.40. The monoisotopic (exact) mass is 914 g/mol. The zero-order valence-corrected chi connectivity index (χ0v) is 39.5. The molecule has 0 saturated carbocycles. The van der Waals surface area contributed by atoms with Crippen LogP contribution in [0.1, 0.15) is 0 Å². The molecule has 2 heteroatoms. The average Bonchev–Trinajstić information content (AvgIpc) is 3.80. The molecule has 0 aliphatic carbocycles. The largest absolute Gasteiger partial charge is 0.310 e. The normalized spacial score (nSPS) is 11.6. The minimum absolute atomic E-state index is 1.08. The fraction of sp³-hybridized carbons (Fsp3) is 0. The van der Waals surface area contributed by atoms with Crippen LogP contribution in [0.15, 0.2) is 279 Å². The van der Waals surface area contributed by atoms with Gasteiger partial charge in [-0.25, -0.2) is 0 Å². The van der Waals surface area contributed by atoms with Crippen LogP contribution in [0.4, 0.5) is 17.1 Å². The highest BCUT2D eigenvalue weighted by Gasteiger charge is 2.21. The molecule has 13 aromatic carbocycles. The highest BCUT2D eigenvalue weighted by atomic mass is 15.1. The summed E-state index contributed by atoms with van der Waals surface area (Å²) in [4.78, 5) is 2.43. The number of rotatable bonds is 8. The van der Waals surface area contributed by atoms with Gasteiger partial charge in [-0.05, 0) is 155 Å². The van der Waals surface area contributed by atoms with Crippen molar-refractivity contribution in [3.05, 3.63) is 279 Å². The summed E-state index contributed by atoms with van der Waals surface area (Å²) in [7, 11) is 0. The predicted molar refractivity (Wildman–Crippen MR) is 307 cm³/mol. The minimum Gasteiger partial charge on any atom is -0.310 e. The Morgan fingerprint density at radius 3 is 1.31 bits per heavy atom. The minimum atomic E-state index is 1.08. The molecule has 0 spiro atoms. The molecule has 0 fully saturated rings. The molecule has 1 heterocycles. The molecule has 14 aromatic rings. The number of fused-ring (bicyclic) bond motifs is 9. The number of hydrogen-bond acceptors (Lipinski definition) is 1. The van der Waals surface area contributed by atoms with Crippen molar-refractivity contribution in [2.75, 3.05) is 4.90 Å².